The van der Waals surface area contributed by atoms with Crippen molar-refractivity contribution in [2.45, 2.75) is 46.1 Å². The minimum absolute atomic E-state index is 0.106. The second-order valence-electron chi connectivity index (χ2n) is 5.88. The molecule has 0 amide bonds. The van der Waals surface area contributed by atoms with E-state index in [4.69, 9.17) is 5.11 Å². The molecule has 0 unspecified atom stereocenters. The summed E-state index contributed by atoms with van der Waals surface area (Å²) >= 11 is 0. The molecule has 1 heterocycles. The molecule has 6 heteroatoms. The average Bonchev–Trinajstić information content (AvgIpc) is 2.71. The first-order valence-electron chi connectivity index (χ1n) is 7.44. The van der Waals surface area contributed by atoms with Crippen LogP contribution in [0.25, 0.3) is 11.0 Å². The predicted molar refractivity (Wildman–Crippen MR) is 79.7 cm³/mol. The monoisotopic (exact) mass is 310 g/mol. The van der Waals surface area contributed by atoms with Gasteiger partial charge in [0, 0.05) is 31.5 Å². The number of carboxylic acid groups (broad SMARTS) is 1. The second-order valence-corrected chi connectivity index (χ2v) is 5.88. The zero-order valence-corrected chi connectivity index (χ0v) is 12.8. The zero-order chi connectivity index (χ0) is 16.3. The summed E-state index contributed by atoms with van der Waals surface area (Å²) in [6.07, 6.45) is 2.01. The Labute approximate surface area is 127 Å². The van der Waals surface area contributed by atoms with Crippen LogP contribution in [0.4, 0.5) is 8.78 Å². The van der Waals surface area contributed by atoms with E-state index in [9.17, 15) is 13.6 Å². The number of unbranched alkanes of at least 4 members (excludes halogenated alkanes) is 1. The summed E-state index contributed by atoms with van der Waals surface area (Å²) < 4.78 is 28.7. The fraction of sp³-hybridized carbons (Fsp3) is 0.500. The number of hydrogen-bond acceptors (Lipinski definition) is 2. The Morgan fingerprint density at radius 1 is 1.27 bits per heavy atom. The Kier molecular flexibility index (Phi) is 5.11. The largest absolute Gasteiger partial charge is 0.481 e. The Bertz CT molecular complexity index is 680. The van der Waals surface area contributed by atoms with Crippen molar-refractivity contribution < 1.29 is 18.7 Å². The number of nitrogens with zero attached hydrogens (tertiary/aromatic N) is 2. The molecule has 0 aliphatic carbocycles. The number of benzene rings is 1. The quantitative estimate of drug-likeness (QED) is 0.792. The van der Waals surface area contributed by atoms with Crippen molar-refractivity contribution in [3.05, 3.63) is 29.6 Å². The van der Waals surface area contributed by atoms with E-state index < -0.39 is 17.6 Å². The molecule has 1 N–H and O–H groups in total. The molecule has 0 fully saturated rings. The third-order valence-electron chi connectivity index (χ3n) is 3.48. The number of hydrogen-bond donors (Lipinski definition) is 1. The van der Waals surface area contributed by atoms with Crippen LogP contribution in [-0.2, 0) is 17.8 Å². The first-order valence-corrected chi connectivity index (χ1v) is 7.44. The number of fused-ring (bicyclic) bond motifs is 1. The second kappa shape index (κ2) is 6.85. The Balaban J connectivity index is 2.30. The minimum Gasteiger partial charge on any atom is -0.481 e. The molecule has 4 nitrogen and oxygen atoms in total. The third-order valence-corrected chi connectivity index (χ3v) is 3.48. The molecule has 22 heavy (non-hydrogen) atoms. The number of rotatable bonds is 7. The van der Waals surface area contributed by atoms with Gasteiger partial charge in [0.05, 0.1) is 11.0 Å². The molecule has 120 valence electrons. The predicted octanol–water partition coefficient (Wildman–Crippen LogP) is 3.77. The molecule has 0 spiro atoms. The van der Waals surface area contributed by atoms with E-state index in [0.29, 0.717) is 42.8 Å². The molecule has 2 rings (SSSR count). The van der Waals surface area contributed by atoms with Gasteiger partial charge in [-0.1, -0.05) is 13.8 Å². The maximum absolute atomic E-state index is 13.5. The highest BCUT2D eigenvalue weighted by molar-refractivity contribution is 5.76. The van der Waals surface area contributed by atoms with Crippen molar-refractivity contribution in [2.24, 2.45) is 5.92 Å². The summed E-state index contributed by atoms with van der Waals surface area (Å²) in [5.41, 5.74) is 0.998. The molecule has 2 aromatic rings. The first kappa shape index (κ1) is 16.4. The van der Waals surface area contributed by atoms with Crippen molar-refractivity contribution >= 4 is 17.0 Å². The molecule has 1 aromatic carbocycles. The number of aryl methyl sites for hydroxylation is 1. The molecule has 0 saturated heterocycles. The van der Waals surface area contributed by atoms with Crippen molar-refractivity contribution in [1.82, 2.24) is 9.55 Å². The van der Waals surface area contributed by atoms with Gasteiger partial charge in [-0.15, -0.1) is 0 Å². The minimum atomic E-state index is -0.904. The first-order chi connectivity index (χ1) is 10.4. The van der Waals surface area contributed by atoms with Crippen LogP contribution in [0.2, 0.25) is 0 Å². The number of carbonyl (C=O) groups is 1. The number of halogens is 2. The molecule has 0 aliphatic rings. The fourth-order valence-electron chi connectivity index (χ4n) is 2.49. The van der Waals surface area contributed by atoms with Crippen molar-refractivity contribution in [2.75, 3.05) is 0 Å². The van der Waals surface area contributed by atoms with Gasteiger partial charge in [-0.25, -0.2) is 13.8 Å². The summed E-state index contributed by atoms with van der Waals surface area (Å²) in [4.78, 5) is 15.0. The number of carboxylic acids is 1. The van der Waals surface area contributed by atoms with E-state index in [1.165, 1.54) is 6.07 Å². The molecule has 1 aromatic heterocycles. The van der Waals surface area contributed by atoms with Gasteiger partial charge in [0.25, 0.3) is 0 Å². The number of imidazole rings is 1. The fourth-order valence-corrected chi connectivity index (χ4v) is 2.49. The maximum Gasteiger partial charge on any atom is 0.303 e. The Morgan fingerprint density at radius 3 is 2.59 bits per heavy atom. The van der Waals surface area contributed by atoms with Crippen molar-refractivity contribution in [3.63, 3.8) is 0 Å². The molecular formula is C16H20F2N2O2. The molecule has 0 aliphatic heterocycles. The highest BCUT2D eigenvalue weighted by Gasteiger charge is 2.15. The van der Waals surface area contributed by atoms with Crippen molar-refractivity contribution in [1.29, 1.82) is 0 Å². The molecule has 0 atom stereocenters. The van der Waals surface area contributed by atoms with Crippen LogP contribution in [0.1, 0.15) is 38.9 Å². The summed E-state index contributed by atoms with van der Waals surface area (Å²) in [5, 5.41) is 8.67. The maximum atomic E-state index is 13.5. The van der Waals surface area contributed by atoms with Crippen LogP contribution in [0.3, 0.4) is 0 Å². The van der Waals surface area contributed by atoms with Gasteiger partial charge < -0.3 is 9.67 Å². The van der Waals surface area contributed by atoms with E-state index in [2.05, 4.69) is 18.8 Å². The molecule has 0 radical (unpaired) electrons. The van der Waals surface area contributed by atoms with Gasteiger partial charge in [0.1, 0.15) is 5.82 Å². The topological polar surface area (TPSA) is 55.1 Å². The van der Waals surface area contributed by atoms with E-state index >= 15 is 0 Å². The van der Waals surface area contributed by atoms with Gasteiger partial charge in [-0.3, -0.25) is 4.79 Å². The van der Waals surface area contributed by atoms with Crippen LogP contribution < -0.4 is 0 Å². The average molecular weight is 310 g/mol. The van der Waals surface area contributed by atoms with Crippen LogP contribution in [-0.4, -0.2) is 20.6 Å². The van der Waals surface area contributed by atoms with Gasteiger partial charge in [-0.05, 0) is 18.8 Å². The standard InChI is InChI=1S/C16H20F2N2O2/c1-10(2)7-15-19-13-8-11(17)12(18)9-14(13)20(15)6-4-3-5-16(21)22/h8-10H,3-7H2,1-2H3,(H,21,22). The number of aliphatic carboxylic acids is 1. The van der Waals surface area contributed by atoms with Gasteiger partial charge in [0.2, 0.25) is 0 Å². The van der Waals surface area contributed by atoms with Gasteiger partial charge in [0.15, 0.2) is 11.6 Å². The van der Waals surface area contributed by atoms with Crippen LogP contribution in [0.15, 0.2) is 12.1 Å². The van der Waals surface area contributed by atoms with Gasteiger partial charge in [-0.2, -0.15) is 0 Å². The smallest absolute Gasteiger partial charge is 0.303 e. The molecule has 0 saturated carbocycles. The van der Waals surface area contributed by atoms with E-state index in [-0.39, 0.29) is 6.42 Å². The number of aromatic nitrogens is 2. The van der Waals surface area contributed by atoms with Gasteiger partial charge >= 0.3 is 5.97 Å². The summed E-state index contributed by atoms with van der Waals surface area (Å²) in [6, 6.07) is 2.28. The highest BCUT2D eigenvalue weighted by Crippen LogP contribution is 2.22. The Morgan fingerprint density at radius 2 is 1.95 bits per heavy atom. The normalized spacial score (nSPS) is 11.5. The van der Waals surface area contributed by atoms with Crippen LogP contribution >= 0.6 is 0 Å². The molecule has 0 bridgehead atoms. The highest BCUT2D eigenvalue weighted by atomic mass is 19.2. The SMILES string of the molecule is CC(C)Cc1nc2cc(F)c(F)cc2n1CCCCC(=O)O. The van der Waals surface area contributed by atoms with E-state index in [0.717, 1.165) is 11.9 Å². The van der Waals surface area contributed by atoms with E-state index in [1.807, 2.05) is 4.57 Å². The summed E-state index contributed by atoms with van der Waals surface area (Å²) in [7, 11) is 0. The van der Waals surface area contributed by atoms with E-state index in [1.54, 1.807) is 0 Å². The lowest BCUT2D eigenvalue weighted by Crippen LogP contribution is -2.08. The Hall–Kier alpha value is -1.98. The zero-order valence-electron chi connectivity index (χ0n) is 12.8. The lowest BCUT2D eigenvalue weighted by atomic mass is 10.1. The lowest BCUT2D eigenvalue weighted by molar-refractivity contribution is -0.137. The summed E-state index contributed by atoms with van der Waals surface area (Å²) in [6.45, 7) is 4.65. The lowest BCUT2D eigenvalue weighted by Gasteiger charge is -2.10. The van der Waals surface area contributed by atoms with Crippen molar-refractivity contribution in [3.8, 4) is 0 Å². The molecular weight excluding hydrogens is 290 g/mol. The van der Waals surface area contributed by atoms with Crippen LogP contribution in [0, 0.1) is 17.6 Å². The van der Waals surface area contributed by atoms with Crippen LogP contribution in [0.5, 0.6) is 0 Å². The summed E-state index contributed by atoms with van der Waals surface area (Å²) in [5.74, 6) is -1.48. The third kappa shape index (κ3) is 3.81.